The summed E-state index contributed by atoms with van der Waals surface area (Å²) in [6.45, 7) is 0. The van der Waals surface area contributed by atoms with Crippen LogP contribution in [-0.2, 0) is 6.42 Å². The van der Waals surface area contributed by atoms with Crippen LogP contribution >= 0.6 is 0 Å². The second-order valence-electron chi connectivity index (χ2n) is 4.17. The van der Waals surface area contributed by atoms with Crippen molar-refractivity contribution in [3.63, 3.8) is 0 Å². The molecule has 1 heteroatoms. The number of carbonyl (C=O) groups is 1. The van der Waals surface area contributed by atoms with Crippen LogP contribution in [0.25, 0.3) is 0 Å². The molecule has 78 valence electrons. The minimum Gasteiger partial charge on any atom is -0.289 e. The van der Waals surface area contributed by atoms with Crippen LogP contribution in [-0.4, -0.2) is 5.78 Å². The maximum atomic E-state index is 12.3. The second kappa shape index (κ2) is 3.60. The Morgan fingerprint density at radius 1 is 1.06 bits per heavy atom. The van der Waals surface area contributed by atoms with E-state index in [1.165, 1.54) is 5.57 Å². The topological polar surface area (TPSA) is 17.1 Å². The Labute approximate surface area is 94.8 Å². The van der Waals surface area contributed by atoms with Crippen LogP contribution < -0.4 is 0 Å². The predicted molar refractivity (Wildman–Crippen MR) is 64.4 cm³/mol. The van der Waals surface area contributed by atoms with Gasteiger partial charge in [0.15, 0.2) is 5.78 Å². The Kier molecular flexibility index (Phi) is 2.10. The van der Waals surface area contributed by atoms with Gasteiger partial charge in [-0.25, -0.2) is 0 Å². The van der Waals surface area contributed by atoms with E-state index in [0.717, 1.165) is 29.5 Å². The fourth-order valence-electron chi connectivity index (χ4n) is 2.34. The van der Waals surface area contributed by atoms with Crippen molar-refractivity contribution in [3.8, 4) is 0 Å². The molecule has 16 heavy (non-hydrogen) atoms. The molecule has 0 spiro atoms. The summed E-state index contributed by atoms with van der Waals surface area (Å²) in [5.41, 5.74) is 4.17. The number of hydrogen-bond donors (Lipinski definition) is 0. The van der Waals surface area contributed by atoms with Crippen molar-refractivity contribution in [1.82, 2.24) is 0 Å². The van der Waals surface area contributed by atoms with E-state index < -0.39 is 0 Å². The molecule has 1 nitrogen and oxygen atoms in total. The number of hydrogen-bond acceptors (Lipinski definition) is 1. The molecule has 3 rings (SSSR count). The summed E-state index contributed by atoms with van der Waals surface area (Å²) in [4.78, 5) is 12.3. The average Bonchev–Trinajstić information content (AvgIpc) is 2.55. The van der Waals surface area contributed by atoms with Crippen molar-refractivity contribution in [3.05, 3.63) is 70.8 Å². The van der Waals surface area contributed by atoms with E-state index in [0.29, 0.717) is 0 Å². The van der Waals surface area contributed by atoms with E-state index in [2.05, 4.69) is 12.1 Å². The van der Waals surface area contributed by atoms with Gasteiger partial charge in [-0.05, 0) is 18.4 Å². The lowest BCUT2D eigenvalue weighted by atomic mass is 9.84. The zero-order valence-electron chi connectivity index (χ0n) is 8.94. The summed E-state index contributed by atoms with van der Waals surface area (Å²) in [7, 11) is 0. The van der Waals surface area contributed by atoms with Gasteiger partial charge in [-0.1, -0.05) is 54.1 Å². The summed E-state index contributed by atoms with van der Waals surface area (Å²) in [6, 6.07) is 7.91. The monoisotopic (exact) mass is 208 g/mol. The van der Waals surface area contributed by atoms with Crippen LogP contribution in [0.5, 0.6) is 0 Å². The Balaban J connectivity index is 2.14. The Hall–Kier alpha value is -1.89. The highest BCUT2D eigenvalue weighted by Gasteiger charge is 2.23. The van der Waals surface area contributed by atoms with Gasteiger partial charge in [-0.3, -0.25) is 4.79 Å². The fourth-order valence-corrected chi connectivity index (χ4v) is 2.34. The normalized spacial score (nSPS) is 18.1. The van der Waals surface area contributed by atoms with Crippen molar-refractivity contribution in [1.29, 1.82) is 0 Å². The quantitative estimate of drug-likeness (QED) is 0.639. The first-order valence-electron chi connectivity index (χ1n) is 5.54. The second-order valence-corrected chi connectivity index (χ2v) is 4.17. The minimum absolute atomic E-state index is 0.178. The first-order valence-corrected chi connectivity index (χ1v) is 5.54. The molecule has 0 radical (unpaired) electrons. The lowest BCUT2D eigenvalue weighted by Gasteiger charge is -2.19. The molecule has 0 amide bonds. The summed E-state index contributed by atoms with van der Waals surface area (Å²) >= 11 is 0. The molecule has 0 aliphatic heterocycles. The Morgan fingerprint density at radius 3 is 2.88 bits per heavy atom. The number of rotatable bonds is 0. The van der Waals surface area contributed by atoms with Gasteiger partial charge < -0.3 is 0 Å². The maximum Gasteiger partial charge on any atom is 0.193 e. The molecule has 0 atom stereocenters. The van der Waals surface area contributed by atoms with Gasteiger partial charge in [0.2, 0.25) is 0 Å². The molecule has 0 N–H and O–H groups in total. The third-order valence-electron chi connectivity index (χ3n) is 3.17. The molecule has 0 aromatic heterocycles. The lowest BCUT2D eigenvalue weighted by Crippen LogP contribution is -2.14. The van der Waals surface area contributed by atoms with Crippen LogP contribution in [0.4, 0.5) is 0 Å². The van der Waals surface area contributed by atoms with Crippen LogP contribution in [0.3, 0.4) is 0 Å². The number of benzene rings is 1. The van der Waals surface area contributed by atoms with Gasteiger partial charge in [0.1, 0.15) is 0 Å². The molecule has 0 unspecified atom stereocenters. The van der Waals surface area contributed by atoms with Crippen molar-refractivity contribution in [2.45, 2.75) is 12.8 Å². The summed E-state index contributed by atoms with van der Waals surface area (Å²) in [5, 5.41) is 0. The van der Waals surface area contributed by atoms with Crippen molar-refractivity contribution in [2.24, 2.45) is 0 Å². The largest absolute Gasteiger partial charge is 0.289 e. The highest BCUT2D eigenvalue weighted by Crippen LogP contribution is 2.29. The first-order chi connectivity index (χ1) is 7.86. The molecule has 1 aromatic rings. The van der Waals surface area contributed by atoms with Crippen LogP contribution in [0.2, 0.25) is 0 Å². The molecule has 2 aliphatic rings. The predicted octanol–water partition coefficient (Wildman–Crippen LogP) is 3.24. The standard InChI is InChI=1S/C15H12O/c16-15-13-8-3-1-2-6-11(13)10-12-7-4-5-9-14(12)15/h1-5,7-9H,6,10H2. The molecule has 0 saturated heterocycles. The lowest BCUT2D eigenvalue weighted by molar-refractivity contribution is 0.103. The van der Waals surface area contributed by atoms with Gasteiger partial charge >= 0.3 is 0 Å². The van der Waals surface area contributed by atoms with E-state index in [1.54, 1.807) is 0 Å². The highest BCUT2D eigenvalue weighted by molar-refractivity contribution is 6.13. The molecule has 2 aliphatic carbocycles. The Bertz CT molecular complexity index is 544. The molecule has 0 bridgehead atoms. The van der Waals surface area contributed by atoms with E-state index in [1.807, 2.05) is 36.4 Å². The number of Topliss-reactive ketones (excluding diaryl/α,β-unsaturated/α-hetero) is 1. The van der Waals surface area contributed by atoms with Crippen LogP contribution in [0, 0.1) is 0 Å². The average molecular weight is 208 g/mol. The fraction of sp³-hybridized carbons (Fsp3) is 0.133. The maximum absolute atomic E-state index is 12.3. The van der Waals surface area contributed by atoms with Crippen LogP contribution in [0.15, 0.2) is 59.7 Å². The number of allylic oxidation sites excluding steroid dienone is 6. The Morgan fingerprint density at radius 2 is 1.94 bits per heavy atom. The van der Waals surface area contributed by atoms with Crippen molar-refractivity contribution >= 4 is 5.78 Å². The van der Waals surface area contributed by atoms with Gasteiger partial charge in [0, 0.05) is 11.1 Å². The van der Waals surface area contributed by atoms with Gasteiger partial charge in [0.05, 0.1) is 0 Å². The van der Waals surface area contributed by atoms with Gasteiger partial charge in [-0.2, -0.15) is 0 Å². The minimum atomic E-state index is 0.178. The first kappa shape index (κ1) is 9.34. The SMILES string of the molecule is O=C1C2=C(CC=CC=C2)Cc2ccccc21. The summed E-state index contributed by atoms with van der Waals surface area (Å²) < 4.78 is 0. The number of carbonyl (C=O) groups excluding carboxylic acids is 1. The molecule has 0 saturated carbocycles. The van der Waals surface area contributed by atoms with Crippen LogP contribution in [0.1, 0.15) is 22.3 Å². The number of ketones is 1. The van der Waals surface area contributed by atoms with E-state index in [-0.39, 0.29) is 5.78 Å². The molecule has 1 aromatic carbocycles. The summed E-state index contributed by atoms with van der Waals surface area (Å²) in [6.07, 6.45) is 9.82. The summed E-state index contributed by atoms with van der Waals surface area (Å²) in [5.74, 6) is 0.178. The third kappa shape index (κ3) is 1.36. The van der Waals surface area contributed by atoms with E-state index >= 15 is 0 Å². The van der Waals surface area contributed by atoms with Crippen molar-refractivity contribution < 1.29 is 4.79 Å². The number of fused-ring (bicyclic) bond motifs is 1. The molecule has 0 heterocycles. The molecule has 0 fully saturated rings. The van der Waals surface area contributed by atoms with Crippen molar-refractivity contribution in [2.75, 3.05) is 0 Å². The molecular formula is C15H12O. The smallest absolute Gasteiger partial charge is 0.193 e. The van der Waals surface area contributed by atoms with Gasteiger partial charge in [0.25, 0.3) is 0 Å². The highest BCUT2D eigenvalue weighted by atomic mass is 16.1. The zero-order valence-corrected chi connectivity index (χ0v) is 8.94. The zero-order chi connectivity index (χ0) is 11.0. The van der Waals surface area contributed by atoms with Gasteiger partial charge in [-0.15, -0.1) is 0 Å². The third-order valence-corrected chi connectivity index (χ3v) is 3.17. The molecular weight excluding hydrogens is 196 g/mol. The van der Waals surface area contributed by atoms with E-state index in [4.69, 9.17) is 0 Å². The van der Waals surface area contributed by atoms with E-state index in [9.17, 15) is 4.79 Å².